The van der Waals surface area contributed by atoms with Crippen LogP contribution in [0.2, 0.25) is 0 Å². The number of fused-ring (bicyclic) bond motifs is 2. The molecule has 6 nitrogen and oxygen atoms in total. The SMILES string of the molecule is Cc1cc2cc3c(cc2cc1C(=O)N(C)C=O)C(=O)N(C(C)(C)C)C3=O. The average Bonchev–Trinajstić information content (AvgIpc) is 2.81. The summed E-state index contributed by atoms with van der Waals surface area (Å²) in [5.74, 6) is -1.06. The first-order chi connectivity index (χ1) is 12.1. The second-order valence-corrected chi connectivity index (χ2v) is 7.55. The van der Waals surface area contributed by atoms with Crippen LogP contribution in [0.5, 0.6) is 0 Å². The molecule has 0 atom stereocenters. The maximum atomic E-state index is 12.7. The number of carbonyl (C=O) groups is 4. The van der Waals surface area contributed by atoms with E-state index in [2.05, 4.69) is 0 Å². The highest BCUT2D eigenvalue weighted by Gasteiger charge is 2.42. The van der Waals surface area contributed by atoms with Crippen molar-refractivity contribution in [1.82, 2.24) is 9.80 Å². The minimum absolute atomic E-state index is 0.308. The molecule has 0 unspecified atom stereocenters. The molecule has 2 aromatic rings. The van der Waals surface area contributed by atoms with Crippen molar-refractivity contribution in [3.63, 3.8) is 0 Å². The summed E-state index contributed by atoms with van der Waals surface area (Å²) in [6.45, 7) is 7.20. The normalized spacial score (nSPS) is 14.0. The summed E-state index contributed by atoms with van der Waals surface area (Å²) in [5.41, 5.74) is 1.17. The lowest BCUT2D eigenvalue weighted by molar-refractivity contribution is -0.115. The van der Waals surface area contributed by atoms with Crippen molar-refractivity contribution in [3.8, 4) is 0 Å². The minimum Gasteiger partial charge on any atom is -0.284 e. The van der Waals surface area contributed by atoms with E-state index in [1.807, 2.05) is 20.8 Å². The largest absolute Gasteiger partial charge is 0.284 e. The summed E-state index contributed by atoms with van der Waals surface area (Å²) in [6.07, 6.45) is 0.456. The molecule has 1 aliphatic heterocycles. The van der Waals surface area contributed by atoms with Gasteiger partial charge in [0.15, 0.2) is 0 Å². The number of aryl methyl sites for hydroxylation is 1. The minimum atomic E-state index is -0.622. The molecule has 2 aromatic carbocycles. The fraction of sp³-hybridized carbons (Fsp3) is 0.300. The molecule has 0 bridgehead atoms. The van der Waals surface area contributed by atoms with Crippen LogP contribution in [-0.4, -0.2) is 46.5 Å². The number of hydrogen-bond acceptors (Lipinski definition) is 4. The number of amides is 4. The van der Waals surface area contributed by atoms with E-state index in [1.54, 1.807) is 31.2 Å². The van der Waals surface area contributed by atoms with Crippen LogP contribution in [0.4, 0.5) is 0 Å². The van der Waals surface area contributed by atoms with Gasteiger partial charge in [0.2, 0.25) is 6.41 Å². The molecular formula is C20H20N2O4. The quantitative estimate of drug-likeness (QED) is 0.615. The Morgan fingerprint density at radius 1 is 1.00 bits per heavy atom. The Morgan fingerprint density at radius 2 is 1.50 bits per heavy atom. The van der Waals surface area contributed by atoms with E-state index in [1.165, 1.54) is 11.9 Å². The molecule has 0 fully saturated rings. The molecule has 0 saturated heterocycles. The van der Waals surface area contributed by atoms with Gasteiger partial charge in [-0.15, -0.1) is 0 Å². The zero-order valence-corrected chi connectivity index (χ0v) is 15.4. The maximum Gasteiger partial charge on any atom is 0.262 e. The lowest BCUT2D eigenvalue weighted by atomic mass is 9.97. The van der Waals surface area contributed by atoms with Gasteiger partial charge in [-0.25, -0.2) is 0 Å². The van der Waals surface area contributed by atoms with Crippen LogP contribution in [0.25, 0.3) is 10.8 Å². The zero-order chi connectivity index (χ0) is 19.4. The van der Waals surface area contributed by atoms with Crippen LogP contribution in [0, 0.1) is 6.92 Å². The number of rotatable bonds is 2. The third kappa shape index (κ3) is 2.58. The Kier molecular flexibility index (Phi) is 3.94. The van der Waals surface area contributed by atoms with Crippen LogP contribution in [-0.2, 0) is 4.79 Å². The van der Waals surface area contributed by atoms with Gasteiger partial charge in [0, 0.05) is 18.2 Å². The van der Waals surface area contributed by atoms with Crippen molar-refractivity contribution in [2.75, 3.05) is 7.05 Å². The summed E-state index contributed by atoms with van der Waals surface area (Å²) >= 11 is 0. The van der Waals surface area contributed by atoms with Crippen molar-refractivity contribution in [1.29, 1.82) is 0 Å². The number of nitrogens with zero attached hydrogens (tertiary/aromatic N) is 2. The molecule has 0 aliphatic carbocycles. The van der Waals surface area contributed by atoms with Crippen LogP contribution < -0.4 is 0 Å². The second kappa shape index (κ2) is 5.76. The molecule has 1 aliphatic rings. The summed E-state index contributed by atoms with van der Waals surface area (Å²) < 4.78 is 0. The Balaban J connectivity index is 2.19. The van der Waals surface area contributed by atoms with Gasteiger partial charge in [0.25, 0.3) is 17.7 Å². The zero-order valence-electron chi connectivity index (χ0n) is 15.4. The molecule has 4 amide bonds. The molecule has 26 heavy (non-hydrogen) atoms. The standard InChI is InChI=1S/C20H20N2O4/c1-11-6-12-8-15-16(19(26)22(18(15)25)20(2,3)4)9-13(12)7-14(11)17(24)21(5)10-23/h6-10H,1-5H3. The highest BCUT2D eigenvalue weighted by molar-refractivity contribution is 6.23. The van der Waals surface area contributed by atoms with E-state index >= 15 is 0 Å². The molecule has 0 spiro atoms. The first-order valence-corrected chi connectivity index (χ1v) is 8.26. The van der Waals surface area contributed by atoms with Crippen LogP contribution in [0.3, 0.4) is 0 Å². The van der Waals surface area contributed by atoms with Crippen molar-refractivity contribution in [2.45, 2.75) is 33.2 Å². The summed E-state index contributed by atoms with van der Waals surface area (Å²) in [6, 6.07) is 6.79. The second-order valence-electron chi connectivity index (χ2n) is 7.55. The van der Waals surface area contributed by atoms with E-state index in [-0.39, 0.29) is 11.8 Å². The predicted molar refractivity (Wildman–Crippen MR) is 97.1 cm³/mol. The van der Waals surface area contributed by atoms with Gasteiger partial charge < -0.3 is 0 Å². The smallest absolute Gasteiger partial charge is 0.262 e. The highest BCUT2D eigenvalue weighted by atomic mass is 16.2. The van der Waals surface area contributed by atoms with Crippen molar-refractivity contribution >= 4 is 34.9 Å². The maximum absolute atomic E-state index is 12.7. The lowest BCUT2D eigenvalue weighted by Crippen LogP contribution is -2.45. The van der Waals surface area contributed by atoms with Crippen LogP contribution >= 0.6 is 0 Å². The van der Waals surface area contributed by atoms with Crippen LogP contribution in [0.1, 0.15) is 57.4 Å². The van der Waals surface area contributed by atoms with Crippen LogP contribution in [0.15, 0.2) is 24.3 Å². The first-order valence-electron chi connectivity index (χ1n) is 8.26. The first kappa shape index (κ1) is 17.8. The van der Waals surface area contributed by atoms with E-state index in [4.69, 9.17) is 0 Å². The molecule has 6 heteroatoms. The molecular weight excluding hydrogens is 332 g/mol. The van der Waals surface area contributed by atoms with Crippen molar-refractivity contribution in [3.05, 3.63) is 46.5 Å². The molecule has 0 saturated carbocycles. The fourth-order valence-electron chi connectivity index (χ4n) is 3.23. The van der Waals surface area contributed by atoms with Gasteiger partial charge in [0.1, 0.15) is 0 Å². The Labute approximate surface area is 151 Å². The third-order valence-electron chi connectivity index (χ3n) is 4.57. The summed E-state index contributed by atoms with van der Waals surface area (Å²) in [5, 5.41) is 1.44. The van der Waals surface area contributed by atoms with Gasteiger partial charge in [-0.2, -0.15) is 0 Å². The molecule has 0 radical (unpaired) electrons. The van der Waals surface area contributed by atoms with Gasteiger partial charge in [-0.3, -0.25) is 29.0 Å². The number of imide groups is 2. The monoisotopic (exact) mass is 352 g/mol. The molecule has 134 valence electrons. The average molecular weight is 352 g/mol. The van der Waals surface area contributed by atoms with Crippen molar-refractivity contribution in [2.24, 2.45) is 0 Å². The molecule has 0 N–H and O–H groups in total. The third-order valence-corrected chi connectivity index (χ3v) is 4.57. The van der Waals surface area contributed by atoms with E-state index < -0.39 is 11.4 Å². The van der Waals surface area contributed by atoms with Gasteiger partial charge in [-0.05, 0) is 62.2 Å². The molecule has 0 aromatic heterocycles. The molecule has 3 rings (SSSR count). The molecule has 1 heterocycles. The predicted octanol–water partition coefficient (Wildman–Crippen LogP) is 2.77. The Bertz CT molecular complexity index is 985. The van der Waals surface area contributed by atoms with E-state index in [9.17, 15) is 19.2 Å². The Morgan fingerprint density at radius 3 is 1.96 bits per heavy atom. The topological polar surface area (TPSA) is 74.8 Å². The van der Waals surface area contributed by atoms with Gasteiger partial charge >= 0.3 is 0 Å². The summed E-state index contributed by atoms with van der Waals surface area (Å²) in [7, 11) is 1.39. The van der Waals surface area contributed by atoms with E-state index in [0.717, 1.165) is 10.3 Å². The van der Waals surface area contributed by atoms with Crippen molar-refractivity contribution < 1.29 is 19.2 Å². The highest BCUT2D eigenvalue weighted by Crippen LogP contribution is 2.33. The fourth-order valence-corrected chi connectivity index (χ4v) is 3.23. The van der Waals surface area contributed by atoms with Gasteiger partial charge in [-0.1, -0.05) is 6.07 Å². The lowest BCUT2D eigenvalue weighted by Gasteiger charge is -2.29. The van der Waals surface area contributed by atoms with Gasteiger partial charge in [0.05, 0.1) is 11.1 Å². The van der Waals surface area contributed by atoms with E-state index in [0.29, 0.717) is 34.1 Å². The Hall–Kier alpha value is -3.02. The number of carbonyl (C=O) groups excluding carboxylic acids is 4. The number of hydrogen-bond donors (Lipinski definition) is 0. The summed E-state index contributed by atoms with van der Waals surface area (Å²) in [4.78, 5) is 50.9. The number of benzene rings is 2.